The van der Waals surface area contributed by atoms with E-state index < -0.39 is 0 Å². The number of amidine groups is 1. The molecular weight excluding hydrogens is 504 g/mol. The molecule has 1 amide bonds. The Morgan fingerprint density at radius 1 is 0.897 bits per heavy atom. The Labute approximate surface area is 233 Å². The Hall–Kier alpha value is -3.39. The van der Waals surface area contributed by atoms with Gasteiger partial charge in [0, 0.05) is 36.6 Å². The van der Waals surface area contributed by atoms with Gasteiger partial charge in [-0.3, -0.25) is 14.6 Å². The standard InChI is InChI=1S/C32H32N4O2S/c37-30-26-13-7-8-14-27(26)31(36(30)22-25-15-16-29-28(19-25)35-18-17-33-32(35)39-29)38-34(20-23-9-3-1-4-10-23)21-24-11-5-2-6-12-24/h1-6,9-12,15-16,19,31H,7-8,13-14,17-18,20-22H2. The van der Waals surface area contributed by atoms with Crippen molar-refractivity contribution in [3.8, 4) is 0 Å². The van der Waals surface area contributed by atoms with Crippen LogP contribution in [0.3, 0.4) is 0 Å². The number of carbonyl (C=O) groups is 1. The number of fused-ring (bicyclic) bond motifs is 3. The number of rotatable bonds is 8. The fourth-order valence-corrected chi connectivity index (χ4v) is 7.09. The van der Waals surface area contributed by atoms with Crippen molar-refractivity contribution in [2.45, 2.75) is 56.4 Å². The number of amides is 1. The van der Waals surface area contributed by atoms with Gasteiger partial charge < -0.3 is 9.80 Å². The quantitative estimate of drug-likeness (QED) is 0.324. The molecule has 7 heteroatoms. The number of aliphatic imine (C=N–C) groups is 1. The first-order chi connectivity index (χ1) is 19.2. The normalized spacial score (nSPS) is 20.0. The summed E-state index contributed by atoms with van der Waals surface area (Å²) >= 11 is 1.74. The van der Waals surface area contributed by atoms with Crippen molar-refractivity contribution in [2.24, 2.45) is 4.99 Å². The van der Waals surface area contributed by atoms with E-state index in [2.05, 4.69) is 76.6 Å². The molecule has 6 nitrogen and oxygen atoms in total. The number of nitrogens with zero attached hydrogens (tertiary/aromatic N) is 4. The summed E-state index contributed by atoms with van der Waals surface area (Å²) in [6.07, 6.45) is 3.55. The predicted octanol–water partition coefficient (Wildman–Crippen LogP) is 6.14. The minimum absolute atomic E-state index is 0.132. The number of hydroxylamine groups is 2. The molecule has 3 aromatic carbocycles. The molecule has 0 spiro atoms. The molecule has 1 unspecified atom stereocenters. The Bertz CT molecular complexity index is 1400. The number of thioether (sulfide) groups is 1. The fraction of sp³-hybridized carbons (Fsp3) is 0.312. The Kier molecular flexibility index (Phi) is 6.72. The zero-order valence-corrected chi connectivity index (χ0v) is 22.8. The van der Waals surface area contributed by atoms with Crippen LogP contribution in [0.15, 0.2) is 99.9 Å². The van der Waals surface area contributed by atoms with Gasteiger partial charge in [-0.05, 0) is 71.8 Å². The van der Waals surface area contributed by atoms with E-state index in [1.54, 1.807) is 11.8 Å². The van der Waals surface area contributed by atoms with E-state index in [-0.39, 0.29) is 12.1 Å². The molecule has 0 radical (unpaired) electrons. The molecule has 3 aliphatic heterocycles. The Morgan fingerprint density at radius 3 is 2.36 bits per heavy atom. The maximum absolute atomic E-state index is 13.8. The van der Waals surface area contributed by atoms with Gasteiger partial charge in [-0.15, -0.1) is 0 Å². The van der Waals surface area contributed by atoms with Crippen LogP contribution >= 0.6 is 11.8 Å². The highest BCUT2D eigenvalue weighted by Crippen LogP contribution is 2.43. The van der Waals surface area contributed by atoms with Crippen LogP contribution in [-0.4, -0.2) is 40.4 Å². The third-order valence-corrected chi connectivity index (χ3v) is 9.03. The van der Waals surface area contributed by atoms with Crippen molar-refractivity contribution in [3.05, 3.63) is 107 Å². The van der Waals surface area contributed by atoms with Crippen molar-refractivity contribution in [2.75, 3.05) is 18.0 Å². The molecule has 0 aromatic heterocycles. The first-order valence-electron chi connectivity index (χ1n) is 13.9. The Balaban J connectivity index is 1.18. The average molecular weight is 537 g/mol. The first kappa shape index (κ1) is 24.6. The molecular formula is C32H32N4O2S. The molecule has 0 bridgehead atoms. The summed E-state index contributed by atoms with van der Waals surface area (Å²) in [7, 11) is 0. The first-order valence-corrected chi connectivity index (χ1v) is 14.7. The minimum atomic E-state index is -0.383. The molecule has 7 rings (SSSR count). The second kappa shape index (κ2) is 10.6. The molecule has 198 valence electrons. The second-order valence-corrected chi connectivity index (χ2v) is 11.6. The van der Waals surface area contributed by atoms with Gasteiger partial charge >= 0.3 is 0 Å². The molecule has 3 heterocycles. The summed E-state index contributed by atoms with van der Waals surface area (Å²) in [4.78, 5) is 30.8. The average Bonchev–Trinajstić information content (AvgIpc) is 3.64. The monoisotopic (exact) mass is 536 g/mol. The number of benzene rings is 3. The maximum Gasteiger partial charge on any atom is 0.252 e. The van der Waals surface area contributed by atoms with E-state index >= 15 is 0 Å². The summed E-state index contributed by atoms with van der Waals surface area (Å²) in [6, 6.07) is 27.4. The molecule has 39 heavy (non-hydrogen) atoms. The van der Waals surface area contributed by atoms with Crippen LogP contribution in [0.4, 0.5) is 5.69 Å². The number of carbonyl (C=O) groups excluding carboxylic acids is 1. The van der Waals surface area contributed by atoms with Gasteiger partial charge in [0.2, 0.25) is 0 Å². The van der Waals surface area contributed by atoms with Crippen molar-refractivity contribution < 1.29 is 9.63 Å². The van der Waals surface area contributed by atoms with Crippen molar-refractivity contribution in [1.82, 2.24) is 9.96 Å². The fourth-order valence-electron chi connectivity index (χ4n) is 6.03. The smallest absolute Gasteiger partial charge is 0.252 e. The van der Waals surface area contributed by atoms with Crippen LogP contribution in [0.2, 0.25) is 0 Å². The van der Waals surface area contributed by atoms with Crippen LogP contribution < -0.4 is 4.90 Å². The number of hydrogen-bond acceptors (Lipinski definition) is 6. The van der Waals surface area contributed by atoms with Crippen LogP contribution in [0.25, 0.3) is 0 Å². The van der Waals surface area contributed by atoms with Gasteiger partial charge in [0.15, 0.2) is 11.4 Å². The van der Waals surface area contributed by atoms with Crippen molar-refractivity contribution in [1.29, 1.82) is 0 Å². The molecule has 0 saturated heterocycles. The summed E-state index contributed by atoms with van der Waals surface area (Å²) in [5, 5.41) is 3.13. The molecule has 3 aromatic rings. The second-order valence-electron chi connectivity index (χ2n) is 10.6. The minimum Gasteiger partial charge on any atom is -0.318 e. The van der Waals surface area contributed by atoms with Gasteiger partial charge in [-0.1, -0.05) is 66.7 Å². The third-order valence-electron chi connectivity index (χ3n) is 7.93. The van der Waals surface area contributed by atoms with Gasteiger partial charge in [-0.25, -0.2) is 0 Å². The lowest BCUT2D eigenvalue weighted by atomic mass is 9.93. The lowest BCUT2D eigenvalue weighted by Crippen LogP contribution is -2.41. The largest absolute Gasteiger partial charge is 0.318 e. The van der Waals surface area contributed by atoms with Gasteiger partial charge in [0.05, 0.1) is 12.2 Å². The molecule has 0 saturated carbocycles. The SMILES string of the molecule is O=C1C2=C(CCCC2)C(ON(Cc2ccccc2)Cc2ccccc2)N1Cc1ccc2c(c1)N1CCN=C1S2. The van der Waals surface area contributed by atoms with E-state index in [0.29, 0.717) is 19.6 Å². The van der Waals surface area contributed by atoms with Crippen LogP contribution in [0, 0.1) is 0 Å². The van der Waals surface area contributed by atoms with Gasteiger partial charge in [0.25, 0.3) is 5.91 Å². The third kappa shape index (κ3) is 4.91. The maximum atomic E-state index is 13.8. The van der Waals surface area contributed by atoms with Gasteiger partial charge in [0.1, 0.15) is 0 Å². The molecule has 1 atom stereocenters. The highest BCUT2D eigenvalue weighted by atomic mass is 32.2. The number of hydrogen-bond donors (Lipinski definition) is 0. The highest BCUT2D eigenvalue weighted by molar-refractivity contribution is 8.14. The lowest BCUT2D eigenvalue weighted by molar-refractivity contribution is -0.235. The zero-order valence-electron chi connectivity index (χ0n) is 22.0. The van der Waals surface area contributed by atoms with Crippen LogP contribution in [0.1, 0.15) is 42.4 Å². The van der Waals surface area contributed by atoms with E-state index in [1.807, 2.05) is 22.1 Å². The van der Waals surface area contributed by atoms with Crippen LogP contribution in [-0.2, 0) is 29.3 Å². The van der Waals surface area contributed by atoms with Crippen molar-refractivity contribution in [3.63, 3.8) is 0 Å². The zero-order chi connectivity index (χ0) is 26.2. The van der Waals surface area contributed by atoms with E-state index in [9.17, 15) is 4.79 Å². The molecule has 4 aliphatic rings. The van der Waals surface area contributed by atoms with Crippen molar-refractivity contribution >= 4 is 28.5 Å². The molecule has 1 aliphatic carbocycles. The highest BCUT2D eigenvalue weighted by Gasteiger charge is 2.42. The van der Waals surface area contributed by atoms with Crippen LogP contribution in [0.5, 0.6) is 0 Å². The summed E-state index contributed by atoms with van der Waals surface area (Å²) < 4.78 is 0. The lowest BCUT2D eigenvalue weighted by Gasteiger charge is -2.33. The van der Waals surface area contributed by atoms with Gasteiger partial charge in [-0.2, -0.15) is 5.06 Å². The Morgan fingerprint density at radius 2 is 1.62 bits per heavy atom. The molecule has 0 fully saturated rings. The summed E-state index contributed by atoms with van der Waals surface area (Å²) in [5.41, 5.74) is 6.84. The topological polar surface area (TPSA) is 48.4 Å². The van der Waals surface area contributed by atoms with E-state index in [0.717, 1.165) is 55.1 Å². The number of anilines is 1. The summed E-state index contributed by atoms with van der Waals surface area (Å²) in [6.45, 7) is 3.59. The van der Waals surface area contributed by atoms with E-state index in [1.165, 1.54) is 27.3 Å². The summed E-state index contributed by atoms with van der Waals surface area (Å²) in [5.74, 6) is 0.132. The molecule has 0 N–H and O–H groups in total. The van der Waals surface area contributed by atoms with E-state index in [4.69, 9.17) is 4.84 Å². The predicted molar refractivity (Wildman–Crippen MR) is 155 cm³/mol.